The Hall–Kier alpha value is -1.03. The minimum absolute atomic E-state index is 0. The maximum Gasteiger partial charge on any atom is 0.416 e. The van der Waals surface area contributed by atoms with Gasteiger partial charge in [-0.3, -0.25) is 0 Å². The summed E-state index contributed by atoms with van der Waals surface area (Å²) in [6, 6.07) is 5.32. The molecule has 26 heavy (non-hydrogen) atoms. The van der Waals surface area contributed by atoms with E-state index in [4.69, 9.17) is 0 Å². The smallest absolute Gasteiger partial charge is 0.357 e. The third kappa shape index (κ3) is 7.69. The number of benzene rings is 1. The summed E-state index contributed by atoms with van der Waals surface area (Å²) in [4.78, 5) is 6.75. The molecule has 1 aliphatic rings. The molecule has 0 radical (unpaired) electrons. The highest BCUT2D eigenvalue weighted by molar-refractivity contribution is 14.0. The van der Waals surface area contributed by atoms with E-state index in [2.05, 4.69) is 27.6 Å². The number of piperidine rings is 1. The minimum Gasteiger partial charge on any atom is -0.357 e. The lowest BCUT2D eigenvalue weighted by Crippen LogP contribution is -2.43. The summed E-state index contributed by atoms with van der Waals surface area (Å²) in [5.41, 5.74) is -0.0900. The number of nitrogens with one attached hydrogen (secondary N) is 2. The molecule has 4 nitrogen and oxygen atoms in total. The Morgan fingerprint density at radius 2 is 2.08 bits per heavy atom. The number of nitrogens with zero attached hydrogens (tertiary/aromatic N) is 2. The van der Waals surface area contributed by atoms with Crippen molar-refractivity contribution in [2.45, 2.75) is 32.5 Å². The van der Waals surface area contributed by atoms with Gasteiger partial charge in [0.1, 0.15) is 0 Å². The molecule has 1 aliphatic heterocycles. The number of rotatable bonds is 5. The van der Waals surface area contributed by atoms with Crippen LogP contribution in [-0.4, -0.2) is 44.1 Å². The quantitative estimate of drug-likeness (QED) is 0.381. The molecule has 0 amide bonds. The molecule has 8 heteroatoms. The van der Waals surface area contributed by atoms with Crippen molar-refractivity contribution in [2.75, 3.05) is 33.2 Å². The van der Waals surface area contributed by atoms with Crippen molar-refractivity contribution in [1.29, 1.82) is 0 Å². The van der Waals surface area contributed by atoms with Crippen molar-refractivity contribution in [3.8, 4) is 0 Å². The summed E-state index contributed by atoms with van der Waals surface area (Å²) in [5, 5.41) is 6.47. The van der Waals surface area contributed by atoms with Crippen molar-refractivity contribution in [3.63, 3.8) is 0 Å². The molecule has 0 bridgehead atoms. The van der Waals surface area contributed by atoms with Gasteiger partial charge in [-0.05, 0) is 57.0 Å². The highest BCUT2D eigenvalue weighted by Crippen LogP contribution is 2.29. The molecule has 1 unspecified atom stereocenters. The summed E-state index contributed by atoms with van der Waals surface area (Å²) in [5.74, 6) is 1.21. The standard InChI is InChI=1S/C18H27F3N4.HI/c1-3-22-17(24-12-15-7-5-9-25(2)13-15)23-11-14-6-4-8-16(10-14)18(19,20)21;/h4,6,8,10,15H,3,5,7,9,11-13H2,1-2H3,(H2,22,23,24);1H. The summed E-state index contributed by atoms with van der Waals surface area (Å²) in [7, 11) is 2.12. The topological polar surface area (TPSA) is 39.7 Å². The molecule has 0 saturated carbocycles. The molecule has 0 spiro atoms. The van der Waals surface area contributed by atoms with Gasteiger partial charge in [-0.2, -0.15) is 13.2 Å². The molecule has 0 aromatic heterocycles. The maximum atomic E-state index is 12.8. The maximum absolute atomic E-state index is 12.8. The van der Waals surface area contributed by atoms with Gasteiger partial charge in [0, 0.05) is 19.6 Å². The molecular weight excluding hydrogens is 456 g/mol. The van der Waals surface area contributed by atoms with Crippen LogP contribution in [0.5, 0.6) is 0 Å². The lowest BCUT2D eigenvalue weighted by molar-refractivity contribution is -0.137. The fourth-order valence-electron chi connectivity index (χ4n) is 3.04. The van der Waals surface area contributed by atoms with Gasteiger partial charge in [0.05, 0.1) is 12.1 Å². The van der Waals surface area contributed by atoms with Crippen LogP contribution in [0.3, 0.4) is 0 Å². The van der Waals surface area contributed by atoms with Crippen molar-refractivity contribution in [3.05, 3.63) is 35.4 Å². The summed E-state index contributed by atoms with van der Waals surface area (Å²) < 4.78 is 38.3. The van der Waals surface area contributed by atoms with Crippen LogP contribution in [0.4, 0.5) is 13.2 Å². The first kappa shape index (κ1) is 23.0. The van der Waals surface area contributed by atoms with Crippen molar-refractivity contribution >= 4 is 29.9 Å². The van der Waals surface area contributed by atoms with Crippen LogP contribution in [0.2, 0.25) is 0 Å². The van der Waals surface area contributed by atoms with E-state index < -0.39 is 11.7 Å². The Labute approximate surface area is 170 Å². The van der Waals surface area contributed by atoms with Crippen LogP contribution in [0.15, 0.2) is 29.3 Å². The Morgan fingerprint density at radius 3 is 2.73 bits per heavy atom. The second-order valence-corrected chi connectivity index (χ2v) is 6.54. The first-order chi connectivity index (χ1) is 11.9. The summed E-state index contributed by atoms with van der Waals surface area (Å²) in [6.45, 7) is 5.90. The van der Waals surface area contributed by atoms with Crippen LogP contribution < -0.4 is 10.6 Å². The molecule has 1 fully saturated rings. The van der Waals surface area contributed by atoms with E-state index in [1.165, 1.54) is 18.9 Å². The lowest BCUT2D eigenvalue weighted by Gasteiger charge is -2.30. The molecule has 148 valence electrons. The normalized spacial score (nSPS) is 19.0. The zero-order valence-electron chi connectivity index (χ0n) is 15.3. The number of alkyl halides is 3. The molecule has 1 aromatic carbocycles. The largest absolute Gasteiger partial charge is 0.416 e. The highest BCUT2D eigenvalue weighted by atomic mass is 127. The SMILES string of the molecule is CCNC(=NCc1cccc(C(F)(F)F)c1)NCC1CCCN(C)C1.I. The van der Waals surface area contributed by atoms with Gasteiger partial charge in [0.25, 0.3) is 0 Å². The van der Waals surface area contributed by atoms with Crippen LogP contribution in [-0.2, 0) is 12.7 Å². The zero-order chi connectivity index (χ0) is 18.3. The summed E-state index contributed by atoms with van der Waals surface area (Å²) >= 11 is 0. The fraction of sp³-hybridized carbons (Fsp3) is 0.611. The Balaban J connectivity index is 0.00000338. The lowest BCUT2D eigenvalue weighted by atomic mass is 9.99. The summed E-state index contributed by atoms with van der Waals surface area (Å²) in [6.07, 6.45) is -1.94. The van der Waals surface area contributed by atoms with Crippen molar-refractivity contribution in [2.24, 2.45) is 10.9 Å². The Kier molecular flexibility index (Phi) is 9.70. The molecule has 1 atom stereocenters. The molecule has 0 aliphatic carbocycles. The highest BCUT2D eigenvalue weighted by Gasteiger charge is 2.30. The van der Waals surface area contributed by atoms with Gasteiger partial charge >= 0.3 is 6.18 Å². The first-order valence-corrected chi connectivity index (χ1v) is 8.75. The number of likely N-dealkylation sites (tertiary alicyclic amines) is 1. The van der Waals surface area contributed by atoms with E-state index in [0.717, 1.165) is 31.8 Å². The number of halogens is 4. The van der Waals surface area contributed by atoms with Gasteiger partial charge in [0.2, 0.25) is 0 Å². The predicted molar refractivity (Wildman–Crippen MR) is 110 cm³/mol. The average molecular weight is 484 g/mol. The van der Waals surface area contributed by atoms with Crippen LogP contribution >= 0.6 is 24.0 Å². The van der Waals surface area contributed by atoms with Crippen LogP contribution in [0.25, 0.3) is 0 Å². The average Bonchev–Trinajstić information content (AvgIpc) is 2.57. The van der Waals surface area contributed by atoms with E-state index in [9.17, 15) is 13.2 Å². The van der Waals surface area contributed by atoms with E-state index in [0.29, 0.717) is 24.0 Å². The molecule has 2 rings (SSSR count). The number of hydrogen-bond acceptors (Lipinski definition) is 2. The van der Waals surface area contributed by atoms with Crippen LogP contribution in [0.1, 0.15) is 30.9 Å². The Morgan fingerprint density at radius 1 is 1.31 bits per heavy atom. The molecular formula is C18H28F3IN4. The number of hydrogen-bond donors (Lipinski definition) is 2. The second kappa shape index (κ2) is 11.0. The molecule has 1 heterocycles. The molecule has 1 saturated heterocycles. The predicted octanol–water partition coefficient (Wildman–Crippen LogP) is 3.72. The fourth-order valence-corrected chi connectivity index (χ4v) is 3.04. The second-order valence-electron chi connectivity index (χ2n) is 6.54. The van der Waals surface area contributed by atoms with E-state index >= 15 is 0 Å². The zero-order valence-corrected chi connectivity index (χ0v) is 17.6. The molecule has 2 N–H and O–H groups in total. The van der Waals surface area contributed by atoms with Gasteiger partial charge in [0.15, 0.2) is 5.96 Å². The monoisotopic (exact) mass is 484 g/mol. The van der Waals surface area contributed by atoms with Crippen molar-refractivity contribution in [1.82, 2.24) is 15.5 Å². The van der Waals surface area contributed by atoms with Gasteiger partial charge in [-0.15, -0.1) is 24.0 Å². The number of guanidine groups is 1. The van der Waals surface area contributed by atoms with E-state index in [1.807, 2.05) is 6.92 Å². The van der Waals surface area contributed by atoms with Gasteiger partial charge < -0.3 is 15.5 Å². The number of aliphatic imine (C=N–C) groups is 1. The van der Waals surface area contributed by atoms with E-state index in [-0.39, 0.29) is 30.5 Å². The Bertz CT molecular complexity index is 578. The third-order valence-corrected chi connectivity index (χ3v) is 4.30. The van der Waals surface area contributed by atoms with Crippen molar-refractivity contribution < 1.29 is 13.2 Å². The van der Waals surface area contributed by atoms with Gasteiger partial charge in [-0.25, -0.2) is 4.99 Å². The van der Waals surface area contributed by atoms with E-state index in [1.54, 1.807) is 6.07 Å². The van der Waals surface area contributed by atoms with Crippen LogP contribution in [0, 0.1) is 5.92 Å². The minimum atomic E-state index is -4.32. The third-order valence-electron chi connectivity index (χ3n) is 4.30. The first-order valence-electron chi connectivity index (χ1n) is 8.75. The molecule has 1 aromatic rings. The van der Waals surface area contributed by atoms with Gasteiger partial charge in [-0.1, -0.05) is 12.1 Å².